The Morgan fingerprint density at radius 2 is 2.00 bits per heavy atom. The molecule has 1 N–H and O–H groups in total. The number of rotatable bonds is 5. The Kier molecular flexibility index (Phi) is 6.04. The summed E-state index contributed by atoms with van der Waals surface area (Å²) >= 11 is 5.67. The summed E-state index contributed by atoms with van der Waals surface area (Å²) in [5.41, 5.74) is -0.882. The molecule has 6 nitrogen and oxygen atoms in total. The number of anilines is 1. The number of benzene rings is 1. The number of esters is 1. The summed E-state index contributed by atoms with van der Waals surface area (Å²) in [6.45, 7) is -0.672. The zero-order valence-corrected chi connectivity index (χ0v) is 14.0. The Hall–Kier alpha value is -2.81. The van der Waals surface area contributed by atoms with Crippen LogP contribution in [0.15, 0.2) is 36.5 Å². The quantitative estimate of drug-likeness (QED) is 0.792. The van der Waals surface area contributed by atoms with Crippen LogP contribution in [0.3, 0.4) is 0 Å². The molecule has 2 aromatic rings. The van der Waals surface area contributed by atoms with Crippen LogP contribution in [0.4, 0.5) is 19.0 Å². The number of alkyl halides is 3. The fourth-order valence-corrected chi connectivity index (χ4v) is 2.03. The lowest BCUT2D eigenvalue weighted by Gasteiger charge is -2.10. The lowest BCUT2D eigenvalue weighted by Crippen LogP contribution is -2.22. The number of hydrogen-bond donors (Lipinski definition) is 1. The van der Waals surface area contributed by atoms with Crippen LogP contribution in [0.1, 0.15) is 15.9 Å². The van der Waals surface area contributed by atoms with Crippen LogP contribution in [0.2, 0.25) is 5.02 Å². The first kappa shape index (κ1) is 19.5. The number of amides is 1. The molecule has 0 saturated heterocycles. The van der Waals surface area contributed by atoms with Crippen molar-refractivity contribution in [2.45, 2.75) is 6.18 Å². The number of aromatic nitrogens is 1. The highest BCUT2D eigenvalue weighted by atomic mass is 35.5. The van der Waals surface area contributed by atoms with E-state index in [2.05, 4.69) is 10.3 Å². The maximum atomic E-state index is 12.5. The fraction of sp³-hybridized carbons (Fsp3) is 0.188. The van der Waals surface area contributed by atoms with E-state index in [1.165, 1.54) is 19.2 Å². The Bertz CT molecular complexity index is 827. The Morgan fingerprint density at radius 1 is 1.27 bits per heavy atom. The first-order valence-electron chi connectivity index (χ1n) is 7.04. The normalized spacial score (nSPS) is 11.0. The van der Waals surface area contributed by atoms with Crippen molar-refractivity contribution < 1.29 is 32.2 Å². The zero-order chi connectivity index (χ0) is 19.3. The molecule has 10 heteroatoms. The van der Waals surface area contributed by atoms with Gasteiger partial charge in [0, 0.05) is 6.20 Å². The fourth-order valence-electron chi connectivity index (χ4n) is 1.82. The molecule has 0 aliphatic heterocycles. The van der Waals surface area contributed by atoms with Crippen LogP contribution in [-0.2, 0) is 15.7 Å². The van der Waals surface area contributed by atoms with Crippen LogP contribution < -0.4 is 10.1 Å². The molecule has 1 amide bonds. The summed E-state index contributed by atoms with van der Waals surface area (Å²) in [5, 5.41) is 1.77. The Balaban J connectivity index is 1.95. The minimum Gasteiger partial charge on any atom is -0.497 e. The molecule has 26 heavy (non-hydrogen) atoms. The molecule has 0 bridgehead atoms. The topological polar surface area (TPSA) is 77.5 Å². The predicted molar refractivity (Wildman–Crippen MR) is 86.2 cm³/mol. The number of carbonyl (C=O) groups excluding carboxylic acids is 2. The van der Waals surface area contributed by atoms with Crippen molar-refractivity contribution in [1.29, 1.82) is 0 Å². The van der Waals surface area contributed by atoms with Gasteiger partial charge in [0.05, 0.1) is 23.3 Å². The van der Waals surface area contributed by atoms with Crippen molar-refractivity contribution >= 4 is 29.3 Å². The van der Waals surface area contributed by atoms with E-state index in [9.17, 15) is 22.8 Å². The van der Waals surface area contributed by atoms with Gasteiger partial charge in [-0.15, -0.1) is 0 Å². The zero-order valence-electron chi connectivity index (χ0n) is 13.3. The van der Waals surface area contributed by atoms with Gasteiger partial charge in [0.2, 0.25) is 0 Å². The first-order valence-corrected chi connectivity index (χ1v) is 7.42. The summed E-state index contributed by atoms with van der Waals surface area (Å²) in [6, 6.07) is 6.72. The molecule has 0 radical (unpaired) electrons. The molecule has 0 spiro atoms. The molecular formula is C16H12ClF3N2O4. The standard InChI is InChI=1S/C16H12ClF3N2O4/c1-25-11-4-2-3-9(5-11)15(24)26-8-13(23)22-14-12(17)6-10(7-21-14)16(18,19)20/h2-7H,8H2,1H3,(H,21,22,23). The van der Waals surface area contributed by atoms with Crippen molar-refractivity contribution in [3.05, 3.63) is 52.7 Å². The Labute approximate surface area is 150 Å². The van der Waals surface area contributed by atoms with Crippen molar-refractivity contribution in [1.82, 2.24) is 4.98 Å². The third-order valence-corrected chi connectivity index (χ3v) is 3.35. The number of carbonyl (C=O) groups is 2. The number of methoxy groups -OCH3 is 1. The molecule has 1 aromatic heterocycles. The molecule has 2 rings (SSSR count). The molecule has 0 atom stereocenters. The average molecular weight is 389 g/mol. The predicted octanol–water partition coefficient (Wildman–Crippen LogP) is 3.56. The SMILES string of the molecule is COc1cccc(C(=O)OCC(=O)Nc2ncc(C(F)(F)F)cc2Cl)c1. The average Bonchev–Trinajstić information content (AvgIpc) is 2.60. The van der Waals surface area contributed by atoms with Gasteiger partial charge < -0.3 is 14.8 Å². The van der Waals surface area contributed by atoms with Crippen molar-refractivity contribution in [2.75, 3.05) is 19.0 Å². The largest absolute Gasteiger partial charge is 0.497 e. The van der Waals surface area contributed by atoms with Gasteiger partial charge in [0.15, 0.2) is 12.4 Å². The molecule has 0 aliphatic rings. The second kappa shape index (κ2) is 8.05. The number of pyridine rings is 1. The molecular weight excluding hydrogens is 377 g/mol. The van der Waals surface area contributed by atoms with Crippen LogP contribution in [-0.4, -0.2) is 30.6 Å². The van der Waals surface area contributed by atoms with E-state index in [1.807, 2.05) is 0 Å². The minimum absolute atomic E-state index is 0.169. The number of hydrogen-bond acceptors (Lipinski definition) is 5. The third kappa shape index (κ3) is 5.09. The molecule has 0 fully saturated rings. The van der Waals surface area contributed by atoms with Crippen LogP contribution in [0.5, 0.6) is 5.75 Å². The van der Waals surface area contributed by atoms with E-state index in [0.29, 0.717) is 18.0 Å². The van der Waals surface area contributed by atoms with Crippen molar-refractivity contribution in [3.63, 3.8) is 0 Å². The summed E-state index contributed by atoms with van der Waals surface area (Å²) in [6.07, 6.45) is -4.07. The van der Waals surface area contributed by atoms with E-state index >= 15 is 0 Å². The van der Waals surface area contributed by atoms with E-state index in [4.69, 9.17) is 21.1 Å². The lowest BCUT2D eigenvalue weighted by molar-refractivity contribution is -0.137. The van der Waals surface area contributed by atoms with E-state index in [1.54, 1.807) is 12.1 Å². The highest BCUT2D eigenvalue weighted by molar-refractivity contribution is 6.33. The van der Waals surface area contributed by atoms with Crippen LogP contribution >= 0.6 is 11.6 Å². The van der Waals surface area contributed by atoms with E-state index in [0.717, 1.165) is 0 Å². The highest BCUT2D eigenvalue weighted by Gasteiger charge is 2.31. The highest BCUT2D eigenvalue weighted by Crippen LogP contribution is 2.32. The molecule has 0 aliphatic carbocycles. The molecule has 138 valence electrons. The van der Waals surface area contributed by atoms with Crippen molar-refractivity contribution in [2.24, 2.45) is 0 Å². The lowest BCUT2D eigenvalue weighted by atomic mass is 10.2. The second-order valence-electron chi connectivity index (χ2n) is 4.91. The maximum Gasteiger partial charge on any atom is 0.417 e. The summed E-state index contributed by atoms with van der Waals surface area (Å²) in [4.78, 5) is 27.1. The van der Waals surface area contributed by atoms with Gasteiger partial charge in [-0.25, -0.2) is 9.78 Å². The van der Waals surface area contributed by atoms with E-state index in [-0.39, 0.29) is 11.4 Å². The Morgan fingerprint density at radius 3 is 2.62 bits per heavy atom. The van der Waals surface area contributed by atoms with E-state index < -0.39 is 35.2 Å². The van der Waals surface area contributed by atoms with Gasteiger partial charge in [0.25, 0.3) is 5.91 Å². The smallest absolute Gasteiger partial charge is 0.417 e. The number of ether oxygens (including phenoxy) is 2. The monoisotopic (exact) mass is 388 g/mol. The van der Waals surface area contributed by atoms with Crippen LogP contribution in [0, 0.1) is 0 Å². The van der Waals surface area contributed by atoms with Gasteiger partial charge in [-0.1, -0.05) is 17.7 Å². The van der Waals surface area contributed by atoms with Crippen molar-refractivity contribution in [3.8, 4) is 5.75 Å². The number of halogens is 4. The minimum atomic E-state index is -4.61. The molecule has 0 saturated carbocycles. The van der Waals surface area contributed by atoms with Gasteiger partial charge >= 0.3 is 12.1 Å². The summed E-state index contributed by atoms with van der Waals surface area (Å²) < 4.78 is 47.4. The van der Waals surface area contributed by atoms with Gasteiger partial charge in [-0.2, -0.15) is 13.2 Å². The molecule has 0 unspecified atom stereocenters. The molecule has 1 heterocycles. The summed E-state index contributed by atoms with van der Waals surface area (Å²) in [5.74, 6) is -1.42. The number of nitrogens with zero attached hydrogens (tertiary/aromatic N) is 1. The summed E-state index contributed by atoms with van der Waals surface area (Å²) in [7, 11) is 1.43. The number of nitrogens with one attached hydrogen (secondary N) is 1. The maximum absolute atomic E-state index is 12.5. The second-order valence-corrected chi connectivity index (χ2v) is 5.32. The van der Waals surface area contributed by atoms with Gasteiger partial charge in [0.1, 0.15) is 5.75 Å². The third-order valence-electron chi connectivity index (χ3n) is 3.07. The van der Waals surface area contributed by atoms with Crippen LogP contribution in [0.25, 0.3) is 0 Å². The van der Waals surface area contributed by atoms with Gasteiger partial charge in [-0.05, 0) is 24.3 Å². The van der Waals surface area contributed by atoms with Gasteiger partial charge in [-0.3, -0.25) is 4.79 Å². The first-order chi connectivity index (χ1) is 12.2. The molecule has 1 aromatic carbocycles.